The maximum atomic E-state index is 12.2. The zero-order valence-electron chi connectivity index (χ0n) is 10.2. The Morgan fingerprint density at radius 2 is 2.12 bits per heavy atom. The van der Waals surface area contributed by atoms with Gasteiger partial charge in [-0.3, -0.25) is 9.48 Å². The van der Waals surface area contributed by atoms with Gasteiger partial charge in [0.05, 0.1) is 5.69 Å². The quantitative estimate of drug-likeness (QED) is 0.829. The number of halogens is 1. The van der Waals surface area contributed by atoms with Crippen LogP contribution in [0.1, 0.15) is 30.5 Å². The van der Waals surface area contributed by atoms with Crippen LogP contribution in [0.2, 0.25) is 5.15 Å². The van der Waals surface area contributed by atoms with Crippen molar-refractivity contribution in [2.75, 3.05) is 0 Å². The first-order valence-electron chi connectivity index (χ1n) is 6.30. The Balaban J connectivity index is 1.73. The molecular weight excluding hydrogens is 236 g/mol. The summed E-state index contributed by atoms with van der Waals surface area (Å²) in [5, 5.41) is 4.86. The SMILES string of the molecule is Cc1nn(C)c(Cl)c1CC(=O)C1C2CCCC21. The van der Waals surface area contributed by atoms with Crippen LogP contribution >= 0.6 is 11.6 Å². The van der Waals surface area contributed by atoms with Gasteiger partial charge in [0.2, 0.25) is 0 Å². The van der Waals surface area contributed by atoms with Gasteiger partial charge >= 0.3 is 0 Å². The number of Topliss-reactive ketones (excluding diaryl/α,β-unsaturated/α-hetero) is 1. The molecule has 92 valence electrons. The van der Waals surface area contributed by atoms with Gasteiger partial charge in [-0.15, -0.1) is 0 Å². The zero-order valence-corrected chi connectivity index (χ0v) is 11.0. The van der Waals surface area contributed by atoms with E-state index in [1.54, 1.807) is 4.68 Å². The van der Waals surface area contributed by atoms with Crippen LogP contribution in [0.15, 0.2) is 0 Å². The Kier molecular flexibility index (Phi) is 2.54. The van der Waals surface area contributed by atoms with Gasteiger partial charge in [-0.1, -0.05) is 18.0 Å². The highest BCUT2D eigenvalue weighted by Gasteiger charge is 2.55. The second kappa shape index (κ2) is 3.84. The highest BCUT2D eigenvalue weighted by atomic mass is 35.5. The topological polar surface area (TPSA) is 34.9 Å². The summed E-state index contributed by atoms with van der Waals surface area (Å²) in [5.41, 5.74) is 1.81. The molecule has 0 spiro atoms. The molecule has 0 aromatic carbocycles. The maximum absolute atomic E-state index is 12.2. The maximum Gasteiger partial charge on any atom is 0.141 e. The molecule has 0 amide bonds. The Morgan fingerprint density at radius 1 is 1.47 bits per heavy atom. The molecule has 2 unspecified atom stereocenters. The van der Waals surface area contributed by atoms with Crippen LogP contribution in [-0.2, 0) is 18.3 Å². The van der Waals surface area contributed by atoms with E-state index in [9.17, 15) is 4.79 Å². The zero-order chi connectivity index (χ0) is 12.2. The fraction of sp³-hybridized carbons (Fsp3) is 0.692. The molecule has 3 rings (SSSR count). The lowest BCUT2D eigenvalue weighted by Gasteiger charge is -2.03. The number of fused-ring (bicyclic) bond motifs is 1. The van der Waals surface area contributed by atoms with Crippen molar-refractivity contribution in [2.24, 2.45) is 24.8 Å². The number of nitrogens with zero attached hydrogens (tertiary/aromatic N) is 2. The third kappa shape index (κ3) is 1.71. The van der Waals surface area contributed by atoms with E-state index < -0.39 is 0 Å². The molecule has 0 bridgehead atoms. The molecule has 4 heteroatoms. The van der Waals surface area contributed by atoms with Crippen LogP contribution < -0.4 is 0 Å². The summed E-state index contributed by atoms with van der Waals surface area (Å²) in [5.74, 6) is 2.09. The van der Waals surface area contributed by atoms with E-state index in [0.29, 0.717) is 35.1 Å². The average molecular weight is 253 g/mol. The molecule has 0 saturated heterocycles. The van der Waals surface area contributed by atoms with E-state index in [1.807, 2.05) is 14.0 Å². The van der Waals surface area contributed by atoms with Crippen LogP contribution in [0.3, 0.4) is 0 Å². The minimum Gasteiger partial charge on any atom is -0.299 e. The number of ketones is 1. The lowest BCUT2D eigenvalue weighted by Crippen LogP contribution is -2.09. The van der Waals surface area contributed by atoms with Crippen LogP contribution in [0.5, 0.6) is 0 Å². The molecule has 3 nitrogen and oxygen atoms in total. The molecule has 0 aliphatic heterocycles. The van der Waals surface area contributed by atoms with Crippen molar-refractivity contribution in [3.8, 4) is 0 Å². The third-order valence-electron chi connectivity index (χ3n) is 4.40. The molecule has 1 heterocycles. The number of carbonyl (C=O) groups excluding carboxylic acids is 1. The molecule has 2 fully saturated rings. The van der Waals surface area contributed by atoms with Gasteiger partial charge in [-0.05, 0) is 31.6 Å². The average Bonchev–Trinajstić information content (AvgIpc) is 2.66. The summed E-state index contributed by atoms with van der Waals surface area (Å²) in [6, 6.07) is 0. The third-order valence-corrected chi connectivity index (χ3v) is 4.87. The molecule has 2 saturated carbocycles. The highest BCUT2D eigenvalue weighted by molar-refractivity contribution is 6.30. The number of hydrogen-bond donors (Lipinski definition) is 0. The van der Waals surface area contributed by atoms with Gasteiger partial charge in [0.15, 0.2) is 0 Å². The molecule has 1 aromatic rings. The molecule has 2 aliphatic rings. The molecule has 0 radical (unpaired) electrons. The monoisotopic (exact) mass is 252 g/mol. The number of carbonyl (C=O) groups is 1. The smallest absolute Gasteiger partial charge is 0.141 e. The lowest BCUT2D eigenvalue weighted by molar-refractivity contribution is -0.120. The standard InChI is InChI=1S/C13H17ClN2O/c1-7-10(13(14)16(2)15-7)6-11(17)12-8-4-3-5-9(8)12/h8-9,12H,3-6H2,1-2H3. The van der Waals surface area contributed by atoms with E-state index in [1.165, 1.54) is 19.3 Å². The van der Waals surface area contributed by atoms with Crippen molar-refractivity contribution in [3.63, 3.8) is 0 Å². The normalized spacial score (nSPS) is 30.4. The first-order valence-corrected chi connectivity index (χ1v) is 6.68. The second-order valence-corrected chi connectivity index (χ2v) is 5.76. The van der Waals surface area contributed by atoms with E-state index in [2.05, 4.69) is 5.10 Å². The summed E-state index contributed by atoms with van der Waals surface area (Å²) in [4.78, 5) is 12.2. The predicted octanol–water partition coefficient (Wildman–Crippen LogP) is 2.54. The van der Waals surface area contributed by atoms with E-state index in [0.717, 1.165) is 11.3 Å². The number of hydrogen-bond acceptors (Lipinski definition) is 2. The summed E-state index contributed by atoms with van der Waals surface area (Å²) in [7, 11) is 1.81. The molecule has 2 aliphatic carbocycles. The summed E-state index contributed by atoms with van der Waals surface area (Å²) in [6.45, 7) is 1.92. The largest absolute Gasteiger partial charge is 0.299 e. The molecule has 0 N–H and O–H groups in total. The van der Waals surface area contributed by atoms with Gasteiger partial charge in [-0.25, -0.2) is 0 Å². The van der Waals surface area contributed by atoms with Crippen molar-refractivity contribution in [1.82, 2.24) is 9.78 Å². The fourth-order valence-corrected chi connectivity index (χ4v) is 3.71. The molecular formula is C13H17ClN2O. The van der Waals surface area contributed by atoms with Crippen molar-refractivity contribution >= 4 is 17.4 Å². The molecule has 17 heavy (non-hydrogen) atoms. The van der Waals surface area contributed by atoms with Crippen LogP contribution in [0, 0.1) is 24.7 Å². The minimum atomic E-state index is 0.333. The lowest BCUT2D eigenvalue weighted by atomic mass is 10.0. The predicted molar refractivity (Wildman–Crippen MR) is 66.0 cm³/mol. The second-order valence-electron chi connectivity index (χ2n) is 5.41. The number of aromatic nitrogens is 2. The first-order chi connectivity index (χ1) is 8.09. The van der Waals surface area contributed by atoms with Crippen molar-refractivity contribution < 1.29 is 4.79 Å². The summed E-state index contributed by atoms with van der Waals surface area (Å²) in [6.07, 6.45) is 4.28. The van der Waals surface area contributed by atoms with Crippen molar-refractivity contribution in [2.45, 2.75) is 32.6 Å². The Hall–Kier alpha value is -0.830. The van der Waals surface area contributed by atoms with Gasteiger partial charge < -0.3 is 0 Å². The van der Waals surface area contributed by atoms with Crippen LogP contribution in [0.4, 0.5) is 0 Å². The Morgan fingerprint density at radius 3 is 2.65 bits per heavy atom. The Bertz CT molecular complexity index is 470. The van der Waals surface area contributed by atoms with E-state index in [4.69, 9.17) is 11.6 Å². The van der Waals surface area contributed by atoms with E-state index in [-0.39, 0.29) is 0 Å². The van der Waals surface area contributed by atoms with Gasteiger partial charge in [0.1, 0.15) is 10.9 Å². The molecule has 2 atom stereocenters. The van der Waals surface area contributed by atoms with Crippen molar-refractivity contribution in [1.29, 1.82) is 0 Å². The minimum absolute atomic E-state index is 0.333. The number of rotatable bonds is 3. The fourth-order valence-electron chi connectivity index (χ4n) is 3.47. The van der Waals surface area contributed by atoms with Gasteiger partial charge in [-0.2, -0.15) is 5.10 Å². The van der Waals surface area contributed by atoms with Gasteiger partial charge in [0.25, 0.3) is 0 Å². The summed E-state index contributed by atoms with van der Waals surface area (Å²) >= 11 is 6.15. The van der Waals surface area contributed by atoms with Gasteiger partial charge in [0, 0.05) is 24.9 Å². The molecule has 1 aromatic heterocycles. The van der Waals surface area contributed by atoms with Crippen LogP contribution in [-0.4, -0.2) is 15.6 Å². The first kappa shape index (κ1) is 11.3. The summed E-state index contributed by atoms with van der Waals surface area (Å²) < 4.78 is 1.65. The van der Waals surface area contributed by atoms with E-state index >= 15 is 0 Å². The Labute approximate surface area is 106 Å². The highest BCUT2D eigenvalue weighted by Crippen LogP contribution is 2.58. The van der Waals surface area contributed by atoms with Crippen molar-refractivity contribution in [3.05, 3.63) is 16.4 Å². The van der Waals surface area contributed by atoms with Crippen LogP contribution in [0.25, 0.3) is 0 Å². The number of aryl methyl sites for hydroxylation is 2.